The van der Waals surface area contributed by atoms with Crippen LogP contribution in [0.1, 0.15) is 30.5 Å². The van der Waals surface area contributed by atoms with Crippen LogP contribution in [-0.2, 0) is 11.2 Å². The lowest BCUT2D eigenvalue weighted by molar-refractivity contribution is -0.137. The van der Waals surface area contributed by atoms with E-state index in [0.717, 1.165) is 11.6 Å². The third-order valence-electron chi connectivity index (χ3n) is 3.76. The minimum absolute atomic E-state index is 0.0621. The molecule has 24 heavy (non-hydrogen) atoms. The number of rotatable bonds is 7. The Morgan fingerprint density at radius 3 is 2.33 bits per heavy atom. The predicted octanol–water partition coefficient (Wildman–Crippen LogP) is 3.84. The molecule has 0 heterocycles. The van der Waals surface area contributed by atoms with Crippen molar-refractivity contribution in [3.8, 4) is 0 Å². The van der Waals surface area contributed by atoms with E-state index < -0.39 is 29.5 Å². The number of aliphatic carboxylic acids is 1. The lowest BCUT2D eigenvalue weighted by atomic mass is 10.00. The van der Waals surface area contributed by atoms with Gasteiger partial charge < -0.3 is 10.4 Å². The number of hydrogen-bond donors (Lipinski definition) is 2. The van der Waals surface area contributed by atoms with Crippen LogP contribution in [0.5, 0.6) is 0 Å². The summed E-state index contributed by atoms with van der Waals surface area (Å²) in [6.45, 7) is 1.85. The maximum atomic E-state index is 13.8. The fourth-order valence-electron chi connectivity index (χ4n) is 2.58. The SMILES string of the molecule is C[C@@H](N[C@@H](CC(=O)O)Cc1cc(F)c(F)cc1F)c1ccccc1. The van der Waals surface area contributed by atoms with Crippen LogP contribution in [0.3, 0.4) is 0 Å². The molecule has 2 atom stereocenters. The van der Waals surface area contributed by atoms with Crippen LogP contribution in [0, 0.1) is 17.5 Å². The maximum absolute atomic E-state index is 13.8. The Balaban J connectivity index is 2.17. The molecule has 0 amide bonds. The van der Waals surface area contributed by atoms with E-state index in [2.05, 4.69) is 5.32 Å². The molecule has 0 aliphatic heterocycles. The molecule has 2 rings (SSSR count). The fourth-order valence-corrected chi connectivity index (χ4v) is 2.58. The molecule has 0 bridgehead atoms. The summed E-state index contributed by atoms with van der Waals surface area (Å²) in [5.74, 6) is -4.37. The summed E-state index contributed by atoms with van der Waals surface area (Å²) in [4.78, 5) is 11.1. The van der Waals surface area contributed by atoms with E-state index >= 15 is 0 Å². The van der Waals surface area contributed by atoms with Crippen molar-refractivity contribution in [3.63, 3.8) is 0 Å². The average Bonchev–Trinajstić information content (AvgIpc) is 2.52. The Morgan fingerprint density at radius 2 is 1.71 bits per heavy atom. The Kier molecular flexibility index (Phi) is 5.98. The van der Waals surface area contributed by atoms with Gasteiger partial charge in [0.25, 0.3) is 0 Å². The zero-order valence-electron chi connectivity index (χ0n) is 13.1. The minimum Gasteiger partial charge on any atom is -0.481 e. The molecule has 0 fully saturated rings. The molecule has 0 radical (unpaired) electrons. The van der Waals surface area contributed by atoms with Crippen molar-refractivity contribution >= 4 is 5.97 Å². The molecule has 0 aliphatic carbocycles. The van der Waals surface area contributed by atoms with Gasteiger partial charge in [0.05, 0.1) is 6.42 Å². The molecular weight excluding hydrogens is 319 g/mol. The fraction of sp³-hybridized carbons (Fsp3) is 0.278. The molecule has 0 aromatic heterocycles. The number of nitrogens with one attached hydrogen (secondary N) is 1. The van der Waals surface area contributed by atoms with E-state index in [0.29, 0.717) is 6.07 Å². The molecule has 0 unspecified atom stereocenters. The van der Waals surface area contributed by atoms with Crippen LogP contribution in [0.4, 0.5) is 13.2 Å². The molecule has 0 spiro atoms. The quantitative estimate of drug-likeness (QED) is 0.755. The van der Waals surface area contributed by atoms with Gasteiger partial charge in [-0.3, -0.25) is 4.79 Å². The molecular formula is C18H18F3NO2. The van der Waals surface area contributed by atoms with E-state index in [1.54, 1.807) is 0 Å². The van der Waals surface area contributed by atoms with Gasteiger partial charge in [0.1, 0.15) is 5.82 Å². The second kappa shape index (κ2) is 7.97. The molecule has 0 aliphatic rings. The van der Waals surface area contributed by atoms with Gasteiger partial charge in [0.15, 0.2) is 11.6 Å². The molecule has 2 aromatic rings. The van der Waals surface area contributed by atoms with Crippen LogP contribution >= 0.6 is 0 Å². The highest BCUT2D eigenvalue weighted by Crippen LogP contribution is 2.19. The van der Waals surface area contributed by atoms with Gasteiger partial charge in [0, 0.05) is 18.2 Å². The Labute approximate surface area is 138 Å². The summed E-state index contributed by atoms with van der Waals surface area (Å²) in [6.07, 6.45) is -0.331. The number of hydrogen-bond acceptors (Lipinski definition) is 2. The van der Waals surface area contributed by atoms with Crippen LogP contribution < -0.4 is 5.32 Å². The first-order valence-electron chi connectivity index (χ1n) is 7.53. The van der Waals surface area contributed by atoms with Crippen molar-refractivity contribution < 1.29 is 23.1 Å². The van der Waals surface area contributed by atoms with Crippen molar-refractivity contribution in [2.24, 2.45) is 0 Å². The minimum atomic E-state index is -1.27. The molecule has 2 aromatic carbocycles. The summed E-state index contributed by atoms with van der Waals surface area (Å²) in [7, 11) is 0. The topological polar surface area (TPSA) is 49.3 Å². The standard InChI is InChI=1S/C18H18F3NO2/c1-11(12-5-3-2-4-6-12)22-14(9-18(23)24)7-13-8-16(20)17(21)10-15(13)19/h2-6,8,10-11,14,22H,7,9H2,1H3,(H,23,24)/t11-,14-/m1/s1. The molecule has 2 N–H and O–H groups in total. The van der Waals surface area contributed by atoms with Gasteiger partial charge >= 0.3 is 5.97 Å². The second-order valence-electron chi connectivity index (χ2n) is 5.66. The average molecular weight is 337 g/mol. The number of carboxylic acid groups (broad SMARTS) is 1. The van der Waals surface area contributed by atoms with Crippen LogP contribution in [0.2, 0.25) is 0 Å². The van der Waals surface area contributed by atoms with Crippen LogP contribution in [0.15, 0.2) is 42.5 Å². The Bertz CT molecular complexity index is 707. The van der Waals surface area contributed by atoms with Crippen molar-refractivity contribution in [2.75, 3.05) is 0 Å². The predicted molar refractivity (Wildman–Crippen MR) is 84.1 cm³/mol. The molecule has 6 heteroatoms. The number of carbonyl (C=O) groups is 1. The number of halogens is 3. The van der Waals surface area contributed by atoms with Gasteiger partial charge in [-0.05, 0) is 30.5 Å². The lowest BCUT2D eigenvalue weighted by Gasteiger charge is -2.23. The van der Waals surface area contributed by atoms with E-state index in [9.17, 15) is 18.0 Å². The number of carboxylic acids is 1. The number of benzene rings is 2. The first-order valence-corrected chi connectivity index (χ1v) is 7.53. The largest absolute Gasteiger partial charge is 0.481 e. The van der Waals surface area contributed by atoms with Crippen molar-refractivity contribution in [1.29, 1.82) is 0 Å². The Hall–Kier alpha value is -2.34. The summed E-state index contributed by atoms with van der Waals surface area (Å²) >= 11 is 0. The molecule has 0 saturated carbocycles. The maximum Gasteiger partial charge on any atom is 0.304 e. The van der Waals surface area contributed by atoms with Crippen molar-refractivity contribution in [1.82, 2.24) is 5.32 Å². The second-order valence-corrected chi connectivity index (χ2v) is 5.66. The third-order valence-corrected chi connectivity index (χ3v) is 3.76. The highest BCUT2D eigenvalue weighted by atomic mass is 19.2. The van der Waals surface area contributed by atoms with E-state index in [1.165, 1.54) is 0 Å². The van der Waals surface area contributed by atoms with E-state index in [-0.39, 0.29) is 24.4 Å². The first-order chi connectivity index (χ1) is 11.4. The Morgan fingerprint density at radius 1 is 1.08 bits per heavy atom. The summed E-state index contributed by atoms with van der Waals surface area (Å²) < 4.78 is 40.1. The summed E-state index contributed by atoms with van der Waals surface area (Å²) in [5, 5.41) is 12.2. The van der Waals surface area contributed by atoms with Crippen LogP contribution in [-0.4, -0.2) is 17.1 Å². The monoisotopic (exact) mass is 337 g/mol. The van der Waals surface area contributed by atoms with E-state index in [4.69, 9.17) is 5.11 Å². The highest BCUT2D eigenvalue weighted by Gasteiger charge is 2.20. The normalized spacial score (nSPS) is 13.5. The zero-order valence-corrected chi connectivity index (χ0v) is 13.1. The zero-order chi connectivity index (χ0) is 17.7. The van der Waals surface area contributed by atoms with Gasteiger partial charge in [-0.15, -0.1) is 0 Å². The molecule has 0 saturated heterocycles. The van der Waals surface area contributed by atoms with Crippen molar-refractivity contribution in [3.05, 3.63) is 71.0 Å². The van der Waals surface area contributed by atoms with Crippen LogP contribution in [0.25, 0.3) is 0 Å². The lowest BCUT2D eigenvalue weighted by Crippen LogP contribution is -2.35. The molecule has 3 nitrogen and oxygen atoms in total. The first kappa shape index (κ1) is 18.0. The molecule has 128 valence electrons. The van der Waals surface area contributed by atoms with E-state index in [1.807, 2.05) is 37.3 Å². The van der Waals surface area contributed by atoms with Gasteiger partial charge in [-0.25, -0.2) is 13.2 Å². The third kappa shape index (κ3) is 4.83. The van der Waals surface area contributed by atoms with Gasteiger partial charge in [-0.1, -0.05) is 30.3 Å². The van der Waals surface area contributed by atoms with Gasteiger partial charge in [-0.2, -0.15) is 0 Å². The summed E-state index contributed by atoms with van der Waals surface area (Å²) in [5.41, 5.74) is 0.881. The smallest absolute Gasteiger partial charge is 0.304 e. The summed E-state index contributed by atoms with van der Waals surface area (Å²) in [6, 6.07) is 9.78. The van der Waals surface area contributed by atoms with Crippen molar-refractivity contribution in [2.45, 2.75) is 31.8 Å². The van der Waals surface area contributed by atoms with Gasteiger partial charge in [0.2, 0.25) is 0 Å². The highest BCUT2D eigenvalue weighted by molar-refractivity contribution is 5.67.